The molecule has 0 radical (unpaired) electrons. The minimum absolute atomic E-state index is 0.0397. The fourth-order valence-electron chi connectivity index (χ4n) is 4.21. The van der Waals surface area contributed by atoms with Gasteiger partial charge in [0.1, 0.15) is 11.3 Å². The van der Waals surface area contributed by atoms with Crippen LogP contribution in [0.25, 0.3) is 11.1 Å². The number of rotatable bonds is 7. The fourth-order valence-corrected chi connectivity index (χ4v) is 4.99. The van der Waals surface area contributed by atoms with Gasteiger partial charge in [-0.2, -0.15) is 18.4 Å². The van der Waals surface area contributed by atoms with E-state index in [1.54, 1.807) is 43.3 Å². The van der Waals surface area contributed by atoms with Gasteiger partial charge in [-0.25, -0.2) is 0 Å². The Balaban J connectivity index is 1.43. The lowest BCUT2D eigenvalue weighted by Crippen LogP contribution is -2.44. The van der Waals surface area contributed by atoms with Crippen LogP contribution in [0.5, 0.6) is 5.75 Å². The molecule has 11 heteroatoms. The summed E-state index contributed by atoms with van der Waals surface area (Å²) in [5.41, 5.74) is -0.992. The highest BCUT2D eigenvalue weighted by molar-refractivity contribution is 7.80. The lowest BCUT2D eigenvalue weighted by Gasteiger charge is -2.29. The average Bonchev–Trinajstić information content (AvgIpc) is 3.05. The molecule has 1 aliphatic rings. The molecule has 6 nitrogen and oxygen atoms in total. The molecule has 1 aromatic heterocycles. The molecular formula is C27H22ClF3N4O2S. The summed E-state index contributed by atoms with van der Waals surface area (Å²) in [5.74, 6) is 0.116. The zero-order chi connectivity index (χ0) is 27.7. The average molecular weight is 559 g/mol. The van der Waals surface area contributed by atoms with Gasteiger partial charge in [0.15, 0.2) is 5.11 Å². The maximum atomic E-state index is 13.5. The molecular weight excluding hydrogens is 537 g/mol. The maximum absolute atomic E-state index is 13.5. The van der Waals surface area contributed by atoms with Crippen LogP contribution in [0.1, 0.15) is 31.4 Å². The van der Waals surface area contributed by atoms with Gasteiger partial charge in [-0.05, 0) is 86.6 Å². The zero-order valence-corrected chi connectivity index (χ0v) is 22.0. The molecule has 0 bridgehead atoms. The highest BCUT2D eigenvalue weighted by atomic mass is 35.5. The van der Waals surface area contributed by atoms with Crippen molar-refractivity contribution < 1.29 is 22.7 Å². The van der Waals surface area contributed by atoms with Crippen molar-refractivity contribution in [3.63, 3.8) is 0 Å². The van der Waals surface area contributed by atoms with Crippen LogP contribution in [-0.2, 0) is 11.0 Å². The molecule has 0 saturated carbocycles. The molecule has 2 aromatic carbocycles. The summed E-state index contributed by atoms with van der Waals surface area (Å²) in [4.78, 5) is 20.0. The third-order valence-electron chi connectivity index (χ3n) is 6.24. The Labute approximate surface area is 228 Å². The highest BCUT2D eigenvalue weighted by Gasteiger charge is 2.49. The molecule has 0 atom stereocenters. The minimum atomic E-state index is -4.75. The van der Waals surface area contributed by atoms with Gasteiger partial charge in [-0.3, -0.25) is 14.7 Å². The summed E-state index contributed by atoms with van der Waals surface area (Å²) in [5, 5.41) is 9.68. The number of anilines is 1. The van der Waals surface area contributed by atoms with E-state index in [-0.39, 0.29) is 10.8 Å². The number of nitrogens with zero attached hydrogens (tertiary/aromatic N) is 4. The number of carbonyl (C=O) groups excluding carboxylic acids is 1. The number of carbonyl (C=O) groups is 1. The van der Waals surface area contributed by atoms with Crippen molar-refractivity contribution in [1.82, 2.24) is 9.88 Å². The Morgan fingerprint density at radius 3 is 2.47 bits per heavy atom. The second-order valence-corrected chi connectivity index (χ2v) is 9.83. The number of alkyl halides is 3. The van der Waals surface area contributed by atoms with Gasteiger partial charge in [0, 0.05) is 24.5 Å². The van der Waals surface area contributed by atoms with E-state index >= 15 is 0 Å². The largest absolute Gasteiger partial charge is 0.493 e. The zero-order valence-electron chi connectivity index (χ0n) is 20.4. The maximum Gasteiger partial charge on any atom is 0.417 e. The van der Waals surface area contributed by atoms with E-state index in [2.05, 4.69) is 4.98 Å². The van der Waals surface area contributed by atoms with E-state index in [0.717, 1.165) is 28.2 Å². The van der Waals surface area contributed by atoms with Gasteiger partial charge < -0.3 is 9.64 Å². The topological polar surface area (TPSA) is 69.5 Å². The smallest absolute Gasteiger partial charge is 0.417 e. The predicted octanol–water partition coefficient (Wildman–Crippen LogP) is 6.47. The van der Waals surface area contributed by atoms with E-state index in [9.17, 15) is 18.0 Å². The quantitative estimate of drug-likeness (QED) is 0.244. The van der Waals surface area contributed by atoms with Crippen molar-refractivity contribution in [2.75, 3.05) is 18.1 Å². The van der Waals surface area contributed by atoms with Crippen molar-refractivity contribution in [2.45, 2.75) is 32.0 Å². The molecule has 1 fully saturated rings. The van der Waals surface area contributed by atoms with E-state index in [1.807, 2.05) is 18.2 Å². The first kappa shape index (κ1) is 27.4. The van der Waals surface area contributed by atoms with Crippen molar-refractivity contribution >= 4 is 40.5 Å². The number of thiocarbonyl (C=S) groups is 1. The Bertz CT molecular complexity index is 1420. The third-order valence-corrected chi connectivity index (χ3v) is 6.95. The molecule has 196 valence electrons. The standard InChI is InChI=1S/C27H22ClF3N4O2S/c1-26(2)24(36)35(19-5-4-18(16-32)22(14-19)27(29,30)31)25(38)34(26)12-3-13-37-20-6-7-21(23(28)15-20)17-8-10-33-11-9-17/h4-11,14-15H,3,12-13H2,1-2H3. The van der Waals surface area contributed by atoms with E-state index in [4.69, 9.17) is 33.8 Å². The molecule has 0 N–H and O–H groups in total. The van der Waals surface area contributed by atoms with Gasteiger partial charge in [0.05, 0.1) is 34.5 Å². The van der Waals surface area contributed by atoms with Crippen LogP contribution in [0.4, 0.5) is 18.9 Å². The van der Waals surface area contributed by atoms with Crippen molar-refractivity contribution in [1.29, 1.82) is 5.26 Å². The van der Waals surface area contributed by atoms with E-state index in [1.165, 1.54) is 12.1 Å². The molecule has 0 unspecified atom stereocenters. The van der Waals surface area contributed by atoms with Crippen LogP contribution in [0.2, 0.25) is 5.02 Å². The Hall–Kier alpha value is -3.68. The molecule has 38 heavy (non-hydrogen) atoms. The van der Waals surface area contributed by atoms with Crippen molar-refractivity contribution in [3.05, 3.63) is 77.1 Å². The van der Waals surface area contributed by atoms with Crippen LogP contribution in [-0.4, -0.2) is 39.6 Å². The summed E-state index contributed by atoms with van der Waals surface area (Å²) < 4.78 is 46.3. The van der Waals surface area contributed by atoms with E-state index < -0.39 is 28.7 Å². The van der Waals surface area contributed by atoms with Crippen LogP contribution >= 0.6 is 23.8 Å². The van der Waals surface area contributed by atoms with Gasteiger partial charge in [0.25, 0.3) is 5.91 Å². The number of nitriles is 1. The Kier molecular flexibility index (Phi) is 7.63. The monoisotopic (exact) mass is 558 g/mol. The molecule has 0 spiro atoms. The number of ether oxygens (including phenoxy) is 1. The summed E-state index contributed by atoms with van der Waals surface area (Å²) in [6.45, 7) is 3.95. The molecule has 4 rings (SSSR count). The van der Waals surface area contributed by atoms with Gasteiger partial charge in [-0.15, -0.1) is 0 Å². The lowest BCUT2D eigenvalue weighted by atomic mass is 10.0. The number of pyridine rings is 1. The SMILES string of the molecule is CC1(C)C(=O)N(c2ccc(C#N)c(C(F)(F)F)c2)C(=S)N1CCCOc1ccc(-c2ccncc2)c(Cl)c1. The first-order valence-corrected chi connectivity index (χ1v) is 12.3. The number of benzene rings is 2. The Morgan fingerprint density at radius 2 is 1.84 bits per heavy atom. The highest BCUT2D eigenvalue weighted by Crippen LogP contribution is 2.38. The molecule has 1 aliphatic heterocycles. The fraction of sp³-hybridized carbons (Fsp3) is 0.259. The van der Waals surface area contributed by atoms with Crippen LogP contribution < -0.4 is 9.64 Å². The summed E-state index contributed by atoms with van der Waals surface area (Å²) >= 11 is 11.9. The lowest BCUT2D eigenvalue weighted by molar-refractivity contribution is -0.137. The normalized spacial score (nSPS) is 15.1. The van der Waals surface area contributed by atoms with Crippen LogP contribution in [0, 0.1) is 11.3 Å². The number of hydrogen-bond donors (Lipinski definition) is 0. The molecule has 3 aromatic rings. The summed E-state index contributed by atoms with van der Waals surface area (Å²) in [6.07, 6.45) is -0.904. The molecule has 1 saturated heterocycles. The third kappa shape index (κ3) is 5.30. The Morgan fingerprint density at radius 1 is 1.13 bits per heavy atom. The second kappa shape index (κ2) is 10.6. The predicted molar refractivity (Wildman–Crippen MR) is 142 cm³/mol. The number of halogens is 4. The number of aromatic nitrogens is 1. The van der Waals surface area contributed by atoms with Crippen LogP contribution in [0.15, 0.2) is 60.9 Å². The van der Waals surface area contributed by atoms with E-state index in [0.29, 0.717) is 30.3 Å². The van der Waals surface area contributed by atoms with Gasteiger partial charge >= 0.3 is 6.18 Å². The second-order valence-electron chi connectivity index (χ2n) is 9.05. The summed E-state index contributed by atoms with van der Waals surface area (Å²) in [7, 11) is 0. The molecule has 2 heterocycles. The first-order valence-electron chi connectivity index (χ1n) is 11.6. The van der Waals surface area contributed by atoms with Crippen LogP contribution in [0.3, 0.4) is 0 Å². The molecule has 1 amide bonds. The summed E-state index contributed by atoms with van der Waals surface area (Å²) in [6, 6.07) is 13.7. The van der Waals surface area contributed by atoms with Crippen molar-refractivity contribution in [3.8, 4) is 22.9 Å². The number of hydrogen-bond acceptors (Lipinski definition) is 5. The minimum Gasteiger partial charge on any atom is -0.493 e. The molecule has 0 aliphatic carbocycles. The van der Waals surface area contributed by atoms with Crippen molar-refractivity contribution in [2.24, 2.45) is 0 Å². The first-order chi connectivity index (χ1) is 17.9. The number of amides is 1. The van der Waals surface area contributed by atoms with Gasteiger partial charge in [0.2, 0.25) is 0 Å². The van der Waals surface area contributed by atoms with Gasteiger partial charge in [-0.1, -0.05) is 11.6 Å².